The van der Waals surface area contributed by atoms with Crippen molar-refractivity contribution in [3.8, 4) is 0 Å². The van der Waals surface area contributed by atoms with Crippen molar-refractivity contribution in [1.82, 2.24) is 4.72 Å². The molecule has 122 valence electrons. The third kappa shape index (κ3) is 3.73. The molecule has 0 heterocycles. The van der Waals surface area contributed by atoms with Gasteiger partial charge >= 0.3 is 0 Å². The van der Waals surface area contributed by atoms with Crippen molar-refractivity contribution in [3.63, 3.8) is 0 Å². The Morgan fingerprint density at radius 3 is 2.14 bits per heavy atom. The van der Waals surface area contributed by atoms with Gasteiger partial charge in [-0.25, -0.2) is 17.2 Å². The van der Waals surface area contributed by atoms with Gasteiger partial charge in [-0.2, -0.15) is 0 Å². The molecule has 0 aromatic heterocycles. The van der Waals surface area contributed by atoms with E-state index in [0.717, 1.165) is 12.8 Å². The van der Waals surface area contributed by atoms with Crippen LogP contribution in [0.4, 0.5) is 8.78 Å². The molecule has 0 aliphatic heterocycles. The van der Waals surface area contributed by atoms with Crippen molar-refractivity contribution in [2.75, 3.05) is 0 Å². The molecule has 1 amide bonds. The zero-order chi connectivity index (χ0) is 15.9. The molecule has 0 spiro atoms. The van der Waals surface area contributed by atoms with Crippen molar-refractivity contribution in [1.29, 1.82) is 0 Å². The summed E-state index contributed by atoms with van der Waals surface area (Å²) >= 11 is 0. The van der Waals surface area contributed by atoms with Gasteiger partial charge in [-0.3, -0.25) is 9.52 Å². The Bertz CT molecular complexity index is 506. The lowest BCUT2D eigenvalue weighted by atomic mass is 9.81. The molecule has 0 radical (unpaired) electrons. The molecule has 2 saturated carbocycles. The maximum absolute atomic E-state index is 13.1. The number of sulfonamides is 1. The van der Waals surface area contributed by atoms with Crippen LogP contribution in [0, 0.1) is 11.3 Å². The summed E-state index contributed by atoms with van der Waals surface area (Å²) in [6.07, 6.45) is 1.43. The first kappa shape index (κ1) is 16.6. The van der Waals surface area contributed by atoms with Gasteiger partial charge in [0.1, 0.15) is 0 Å². The van der Waals surface area contributed by atoms with Gasteiger partial charge in [0.05, 0.1) is 5.25 Å². The number of nitrogens with one attached hydrogen (secondary N) is 1. The summed E-state index contributed by atoms with van der Waals surface area (Å²) in [5.41, 5.74) is -0.209. The smallest absolute Gasteiger partial charge is 0.248 e. The van der Waals surface area contributed by atoms with Gasteiger partial charge < -0.3 is 0 Å². The first-order chi connectivity index (χ1) is 9.54. The lowest BCUT2D eigenvalue weighted by Crippen LogP contribution is -2.45. The molecule has 2 fully saturated rings. The quantitative estimate of drug-likeness (QED) is 0.868. The molecule has 1 atom stereocenters. The molecule has 21 heavy (non-hydrogen) atoms. The molecular formula is C14H23F2NO3S. The Morgan fingerprint density at radius 2 is 1.67 bits per heavy atom. The van der Waals surface area contributed by atoms with E-state index in [4.69, 9.17) is 0 Å². The molecule has 1 N–H and O–H groups in total. The highest BCUT2D eigenvalue weighted by Crippen LogP contribution is 2.43. The van der Waals surface area contributed by atoms with E-state index < -0.39 is 39.9 Å². The predicted octanol–water partition coefficient (Wildman–Crippen LogP) is 2.84. The molecule has 2 rings (SSSR count). The van der Waals surface area contributed by atoms with Crippen molar-refractivity contribution in [2.24, 2.45) is 11.3 Å². The van der Waals surface area contributed by atoms with Crippen molar-refractivity contribution >= 4 is 15.9 Å². The highest BCUT2D eigenvalue weighted by molar-refractivity contribution is 7.90. The second-order valence-corrected chi connectivity index (χ2v) is 8.96. The fourth-order valence-electron chi connectivity index (χ4n) is 3.43. The minimum Gasteiger partial charge on any atom is -0.274 e. The summed E-state index contributed by atoms with van der Waals surface area (Å²) in [6.45, 7) is 3.91. The van der Waals surface area contributed by atoms with Gasteiger partial charge in [-0.15, -0.1) is 0 Å². The molecule has 0 bridgehead atoms. The van der Waals surface area contributed by atoms with Crippen LogP contribution < -0.4 is 4.72 Å². The second-order valence-electron chi connectivity index (χ2n) is 7.00. The fraction of sp³-hybridized carbons (Fsp3) is 0.929. The molecule has 0 saturated heterocycles. The van der Waals surface area contributed by atoms with Crippen molar-refractivity contribution in [3.05, 3.63) is 0 Å². The third-order valence-corrected chi connectivity index (χ3v) is 6.75. The molecule has 0 aromatic rings. The number of carbonyl (C=O) groups is 1. The predicted molar refractivity (Wildman–Crippen MR) is 75.4 cm³/mol. The lowest BCUT2D eigenvalue weighted by molar-refractivity contribution is -0.125. The van der Waals surface area contributed by atoms with E-state index >= 15 is 0 Å². The lowest BCUT2D eigenvalue weighted by Gasteiger charge is -2.30. The van der Waals surface area contributed by atoms with Crippen LogP contribution in [0.5, 0.6) is 0 Å². The van der Waals surface area contributed by atoms with E-state index in [1.807, 2.05) is 13.8 Å². The van der Waals surface area contributed by atoms with Crippen molar-refractivity contribution < 1.29 is 22.0 Å². The first-order valence-electron chi connectivity index (χ1n) is 7.47. The third-order valence-electron chi connectivity index (χ3n) is 4.92. The Hall–Kier alpha value is -0.720. The highest BCUT2D eigenvalue weighted by Gasteiger charge is 2.43. The summed E-state index contributed by atoms with van der Waals surface area (Å²) in [5, 5.41) is -0.884. The van der Waals surface area contributed by atoms with Crippen LogP contribution in [-0.4, -0.2) is 25.5 Å². The zero-order valence-corrected chi connectivity index (χ0v) is 13.3. The van der Waals surface area contributed by atoms with Crippen LogP contribution in [0.1, 0.15) is 58.8 Å². The number of hydrogen-bond acceptors (Lipinski definition) is 3. The Labute approximate surface area is 124 Å². The van der Waals surface area contributed by atoms with Crippen LogP contribution in [0.25, 0.3) is 0 Å². The largest absolute Gasteiger partial charge is 0.274 e. The number of hydrogen-bond donors (Lipinski definition) is 1. The van der Waals surface area contributed by atoms with E-state index in [0.29, 0.717) is 6.42 Å². The molecule has 7 heteroatoms. The Morgan fingerprint density at radius 1 is 1.10 bits per heavy atom. The van der Waals surface area contributed by atoms with Gasteiger partial charge in [-0.1, -0.05) is 20.3 Å². The molecule has 2 aliphatic carbocycles. The monoisotopic (exact) mass is 323 g/mol. The van der Waals surface area contributed by atoms with E-state index in [1.54, 1.807) is 0 Å². The Balaban J connectivity index is 2.00. The maximum Gasteiger partial charge on any atom is 0.248 e. The number of halogens is 2. The van der Waals surface area contributed by atoms with E-state index in [-0.39, 0.29) is 24.2 Å². The van der Waals surface area contributed by atoms with E-state index in [2.05, 4.69) is 4.72 Å². The van der Waals surface area contributed by atoms with Gasteiger partial charge in [0.2, 0.25) is 21.9 Å². The zero-order valence-electron chi connectivity index (χ0n) is 12.5. The molecule has 4 nitrogen and oxygen atoms in total. The van der Waals surface area contributed by atoms with Crippen LogP contribution in [-0.2, 0) is 14.8 Å². The SMILES string of the molecule is CC1(C)CCCC1C(=O)NS(=O)(=O)C1CCC(F)(F)CC1. The molecule has 1 unspecified atom stereocenters. The maximum atomic E-state index is 13.1. The summed E-state index contributed by atoms with van der Waals surface area (Å²) < 4.78 is 52.7. The molecule has 2 aliphatic rings. The fourth-order valence-corrected chi connectivity index (χ4v) is 4.88. The molecular weight excluding hydrogens is 300 g/mol. The average Bonchev–Trinajstić information content (AvgIpc) is 2.67. The second kappa shape index (κ2) is 5.48. The topological polar surface area (TPSA) is 63.2 Å². The summed E-state index contributed by atoms with van der Waals surface area (Å²) in [7, 11) is -3.85. The van der Waals surface area contributed by atoms with Gasteiger partial charge in [0.25, 0.3) is 0 Å². The van der Waals surface area contributed by atoms with Crippen LogP contribution in [0.15, 0.2) is 0 Å². The summed E-state index contributed by atoms with van der Waals surface area (Å²) in [5.74, 6) is -3.57. The number of rotatable bonds is 3. The van der Waals surface area contributed by atoms with Crippen LogP contribution in [0.2, 0.25) is 0 Å². The van der Waals surface area contributed by atoms with Gasteiger partial charge in [-0.05, 0) is 31.1 Å². The number of alkyl halides is 2. The van der Waals surface area contributed by atoms with Crippen LogP contribution in [0.3, 0.4) is 0 Å². The minimum absolute atomic E-state index is 0.0936. The Kier molecular flexibility index (Phi) is 4.35. The minimum atomic E-state index is -3.85. The number of carbonyl (C=O) groups excluding carboxylic acids is 1. The number of amides is 1. The van der Waals surface area contributed by atoms with Gasteiger partial charge in [0, 0.05) is 18.8 Å². The summed E-state index contributed by atoms with van der Waals surface area (Å²) in [4.78, 5) is 12.2. The summed E-state index contributed by atoms with van der Waals surface area (Å²) in [6, 6.07) is 0. The normalized spacial score (nSPS) is 29.2. The first-order valence-corrected chi connectivity index (χ1v) is 9.01. The standard InChI is InChI=1S/C14H23F2NO3S/c1-13(2)7-3-4-11(13)12(18)17-21(19,20)10-5-8-14(15,16)9-6-10/h10-11H,3-9H2,1-2H3,(H,17,18). The highest BCUT2D eigenvalue weighted by atomic mass is 32.2. The van der Waals surface area contributed by atoms with Crippen molar-refractivity contribution in [2.45, 2.75) is 70.0 Å². The van der Waals surface area contributed by atoms with Gasteiger partial charge in [0.15, 0.2) is 0 Å². The van der Waals surface area contributed by atoms with Crippen LogP contribution >= 0.6 is 0 Å². The van der Waals surface area contributed by atoms with E-state index in [1.165, 1.54) is 0 Å². The average molecular weight is 323 g/mol. The molecule has 0 aromatic carbocycles. The van der Waals surface area contributed by atoms with E-state index in [9.17, 15) is 22.0 Å².